The molecule has 6 heteroatoms. The Morgan fingerprint density at radius 2 is 1.82 bits per heavy atom. The fraction of sp³-hybridized carbons (Fsp3) is 1.00. The molecule has 1 saturated heterocycles. The molecule has 0 aromatic carbocycles. The first-order valence-corrected chi connectivity index (χ1v) is 6.03. The van der Waals surface area contributed by atoms with E-state index in [1.807, 2.05) is 0 Å². The fourth-order valence-corrected chi connectivity index (χ4v) is 2.12. The molecule has 0 amide bonds. The van der Waals surface area contributed by atoms with Gasteiger partial charge in [-0.3, -0.25) is 4.90 Å². The molecule has 1 rings (SSSR count). The smallest absolute Gasteiger partial charge is 0.173 e. The summed E-state index contributed by atoms with van der Waals surface area (Å²) in [7, 11) is 1.77. The molecule has 1 aliphatic heterocycles. The summed E-state index contributed by atoms with van der Waals surface area (Å²) in [6.45, 7) is 2.32. The zero-order valence-electron chi connectivity index (χ0n) is 10.4. The van der Waals surface area contributed by atoms with E-state index >= 15 is 0 Å². The third kappa shape index (κ3) is 3.37. The standard InChI is InChI=1S/C11H23NO5/c1-3-4-5-12(2)8-10(15)9(14)7(6-13)17-11(8)16/h7-11,13-16H,3-6H2,1-2H3/t7-,8-,9-,10-,11?/m1/s1. The molecule has 0 aliphatic carbocycles. The molecule has 17 heavy (non-hydrogen) atoms. The maximum absolute atomic E-state index is 9.94. The van der Waals surface area contributed by atoms with Crippen molar-refractivity contribution in [2.45, 2.75) is 50.4 Å². The fourth-order valence-electron chi connectivity index (χ4n) is 2.12. The second-order valence-corrected chi connectivity index (χ2v) is 4.55. The molecule has 1 fully saturated rings. The van der Waals surface area contributed by atoms with Crippen LogP contribution in [0.25, 0.3) is 0 Å². The summed E-state index contributed by atoms with van der Waals surface area (Å²) in [5, 5.41) is 38.4. The van der Waals surface area contributed by atoms with Crippen LogP contribution >= 0.6 is 0 Å². The summed E-state index contributed by atoms with van der Waals surface area (Å²) >= 11 is 0. The van der Waals surface area contributed by atoms with Crippen molar-refractivity contribution in [1.29, 1.82) is 0 Å². The van der Waals surface area contributed by atoms with E-state index in [9.17, 15) is 15.3 Å². The van der Waals surface area contributed by atoms with E-state index in [4.69, 9.17) is 9.84 Å². The minimum Gasteiger partial charge on any atom is -0.394 e. The van der Waals surface area contributed by atoms with Crippen LogP contribution in [0.3, 0.4) is 0 Å². The van der Waals surface area contributed by atoms with Crippen LogP contribution in [-0.2, 0) is 4.74 Å². The molecule has 1 aliphatic rings. The number of ether oxygens (including phenoxy) is 1. The van der Waals surface area contributed by atoms with Gasteiger partial charge in [-0.25, -0.2) is 0 Å². The monoisotopic (exact) mass is 249 g/mol. The lowest BCUT2D eigenvalue weighted by Gasteiger charge is -2.44. The minimum atomic E-state index is -1.20. The van der Waals surface area contributed by atoms with Gasteiger partial charge in [-0.1, -0.05) is 13.3 Å². The largest absolute Gasteiger partial charge is 0.394 e. The van der Waals surface area contributed by atoms with Crippen LogP contribution in [0.1, 0.15) is 19.8 Å². The van der Waals surface area contributed by atoms with E-state index in [1.165, 1.54) is 0 Å². The number of aliphatic hydroxyl groups is 4. The van der Waals surface area contributed by atoms with E-state index < -0.39 is 37.3 Å². The molecule has 0 bridgehead atoms. The number of rotatable bonds is 5. The maximum atomic E-state index is 9.94. The van der Waals surface area contributed by atoms with Gasteiger partial charge in [-0.05, 0) is 20.0 Å². The van der Waals surface area contributed by atoms with Crippen molar-refractivity contribution in [2.24, 2.45) is 0 Å². The number of hydrogen-bond acceptors (Lipinski definition) is 6. The number of nitrogens with zero attached hydrogens (tertiary/aromatic N) is 1. The SMILES string of the molecule is CCCCN(C)[C@H]1C(O)O[C@H](CO)[C@@H](O)[C@@H]1O. The van der Waals surface area contributed by atoms with Crippen molar-refractivity contribution >= 4 is 0 Å². The van der Waals surface area contributed by atoms with E-state index in [1.54, 1.807) is 11.9 Å². The zero-order valence-corrected chi connectivity index (χ0v) is 10.4. The van der Waals surface area contributed by atoms with Gasteiger partial charge in [0.15, 0.2) is 6.29 Å². The Hall–Kier alpha value is -0.240. The maximum Gasteiger partial charge on any atom is 0.173 e. The summed E-state index contributed by atoms with van der Waals surface area (Å²) < 4.78 is 5.09. The predicted molar refractivity (Wildman–Crippen MR) is 61.3 cm³/mol. The summed E-state index contributed by atoms with van der Waals surface area (Å²) in [5.41, 5.74) is 0. The average molecular weight is 249 g/mol. The van der Waals surface area contributed by atoms with Crippen LogP contribution in [0.15, 0.2) is 0 Å². The van der Waals surface area contributed by atoms with Gasteiger partial charge in [-0.2, -0.15) is 0 Å². The number of aliphatic hydroxyl groups excluding tert-OH is 4. The van der Waals surface area contributed by atoms with E-state index in [0.29, 0.717) is 6.54 Å². The third-order valence-electron chi connectivity index (χ3n) is 3.24. The third-order valence-corrected chi connectivity index (χ3v) is 3.24. The molecule has 1 heterocycles. The van der Waals surface area contributed by atoms with Crippen LogP contribution in [0.2, 0.25) is 0 Å². The Morgan fingerprint density at radius 3 is 2.35 bits per heavy atom. The van der Waals surface area contributed by atoms with Crippen molar-refractivity contribution in [3.05, 3.63) is 0 Å². The molecular formula is C11H23NO5. The van der Waals surface area contributed by atoms with Crippen LogP contribution in [0, 0.1) is 0 Å². The van der Waals surface area contributed by atoms with Crippen molar-refractivity contribution in [3.63, 3.8) is 0 Å². The summed E-state index contributed by atoms with van der Waals surface area (Å²) in [5.74, 6) is 0. The number of hydrogen-bond donors (Lipinski definition) is 4. The molecule has 0 spiro atoms. The highest BCUT2D eigenvalue weighted by atomic mass is 16.6. The molecule has 0 aromatic heterocycles. The first kappa shape index (κ1) is 14.8. The van der Waals surface area contributed by atoms with Crippen LogP contribution in [0.5, 0.6) is 0 Å². The Balaban J connectivity index is 2.65. The lowest BCUT2D eigenvalue weighted by atomic mass is 9.96. The second-order valence-electron chi connectivity index (χ2n) is 4.55. The molecule has 1 unspecified atom stereocenters. The highest BCUT2D eigenvalue weighted by molar-refractivity contribution is 4.93. The Morgan fingerprint density at radius 1 is 1.18 bits per heavy atom. The molecule has 0 aromatic rings. The van der Waals surface area contributed by atoms with Crippen LogP contribution in [0.4, 0.5) is 0 Å². The zero-order chi connectivity index (χ0) is 13.0. The van der Waals surface area contributed by atoms with Gasteiger partial charge in [0.1, 0.15) is 18.3 Å². The van der Waals surface area contributed by atoms with E-state index in [0.717, 1.165) is 12.8 Å². The highest BCUT2D eigenvalue weighted by Crippen LogP contribution is 2.23. The van der Waals surface area contributed by atoms with E-state index in [2.05, 4.69) is 6.92 Å². The van der Waals surface area contributed by atoms with Gasteiger partial charge >= 0.3 is 0 Å². The van der Waals surface area contributed by atoms with Crippen LogP contribution in [-0.4, -0.2) is 76.2 Å². The van der Waals surface area contributed by atoms with Crippen LogP contribution < -0.4 is 0 Å². The summed E-state index contributed by atoms with van der Waals surface area (Å²) in [6, 6.07) is -0.667. The lowest BCUT2D eigenvalue weighted by molar-refractivity contribution is -0.270. The first-order chi connectivity index (χ1) is 8.02. The molecule has 5 atom stereocenters. The topological polar surface area (TPSA) is 93.4 Å². The highest BCUT2D eigenvalue weighted by Gasteiger charge is 2.45. The normalized spacial score (nSPS) is 38.6. The minimum absolute atomic E-state index is 0.430. The average Bonchev–Trinajstić information content (AvgIpc) is 2.31. The number of likely N-dealkylation sites (N-methyl/N-ethyl adjacent to an activating group) is 1. The van der Waals surface area contributed by atoms with Crippen molar-refractivity contribution < 1.29 is 25.2 Å². The first-order valence-electron chi connectivity index (χ1n) is 6.03. The van der Waals surface area contributed by atoms with Gasteiger partial charge in [0.2, 0.25) is 0 Å². The van der Waals surface area contributed by atoms with Gasteiger partial charge in [-0.15, -0.1) is 0 Å². The number of unbranched alkanes of at least 4 members (excludes halogenated alkanes) is 1. The molecule has 6 nitrogen and oxygen atoms in total. The second kappa shape index (κ2) is 6.63. The Kier molecular flexibility index (Phi) is 5.78. The van der Waals surface area contributed by atoms with Gasteiger partial charge in [0.05, 0.1) is 12.6 Å². The lowest BCUT2D eigenvalue weighted by Crippen LogP contribution is -2.63. The van der Waals surface area contributed by atoms with Gasteiger partial charge < -0.3 is 25.2 Å². The molecule has 0 radical (unpaired) electrons. The molecule has 0 saturated carbocycles. The quantitative estimate of drug-likeness (QED) is 0.475. The Bertz CT molecular complexity index is 224. The van der Waals surface area contributed by atoms with E-state index in [-0.39, 0.29) is 0 Å². The predicted octanol–water partition coefficient (Wildman–Crippen LogP) is -1.48. The molecule has 4 N–H and O–H groups in total. The van der Waals surface area contributed by atoms with Gasteiger partial charge in [0, 0.05) is 0 Å². The van der Waals surface area contributed by atoms with Gasteiger partial charge in [0.25, 0.3) is 0 Å². The van der Waals surface area contributed by atoms with Crippen molar-refractivity contribution in [2.75, 3.05) is 20.2 Å². The Labute approximate surface area is 101 Å². The molecular weight excluding hydrogens is 226 g/mol. The van der Waals surface area contributed by atoms with Crippen molar-refractivity contribution in [1.82, 2.24) is 4.90 Å². The summed E-state index contributed by atoms with van der Waals surface area (Å²) in [4.78, 5) is 1.77. The molecule has 102 valence electrons. The summed E-state index contributed by atoms with van der Waals surface area (Å²) in [6.07, 6.45) is -2.50. The van der Waals surface area contributed by atoms with Crippen molar-refractivity contribution in [3.8, 4) is 0 Å².